The van der Waals surface area contributed by atoms with E-state index in [9.17, 15) is 4.79 Å². The van der Waals surface area contributed by atoms with E-state index in [0.717, 1.165) is 0 Å². The first-order chi connectivity index (χ1) is 4.15. The summed E-state index contributed by atoms with van der Waals surface area (Å²) in [5.41, 5.74) is 9.43. The second-order valence-electron chi connectivity index (χ2n) is 3.77. The highest BCUT2D eigenvalue weighted by Gasteiger charge is 2.32. The first-order valence-electron chi connectivity index (χ1n) is 3.28. The van der Waals surface area contributed by atoms with Gasteiger partial charge in [0.1, 0.15) is 0 Å². The fourth-order valence-electron chi connectivity index (χ4n) is 0.830. The van der Waals surface area contributed by atoms with E-state index >= 15 is 0 Å². The van der Waals surface area contributed by atoms with E-state index in [1.807, 2.05) is 0 Å². The van der Waals surface area contributed by atoms with E-state index in [0.29, 0.717) is 0 Å². The zero-order valence-electron chi connectivity index (χ0n) is 7.88. The van der Waals surface area contributed by atoms with Crippen molar-refractivity contribution in [2.75, 3.05) is 0 Å². The molecule has 0 atom stereocenters. The third-order valence-electron chi connectivity index (χ3n) is 1.17. The van der Waals surface area contributed by atoms with Crippen LogP contribution in [-0.4, -0.2) is 16.9 Å². The van der Waals surface area contributed by atoms with Gasteiger partial charge in [-0.05, 0) is 27.7 Å². The van der Waals surface area contributed by atoms with Crippen LogP contribution < -0.4 is 11.5 Å². The van der Waals surface area contributed by atoms with Gasteiger partial charge in [-0.15, -0.1) is 34.0 Å². The number of carbonyl (C=O) groups is 1. The molecule has 0 aliphatic carbocycles. The lowest BCUT2D eigenvalue weighted by Gasteiger charge is -2.26. The molecule has 0 spiro atoms. The SMILES string of the molecule is Br.Br.CC(C)(N)C(=O)C(C)(C)N. The van der Waals surface area contributed by atoms with Gasteiger partial charge in [-0.3, -0.25) is 4.79 Å². The molecule has 0 aromatic heterocycles. The lowest BCUT2D eigenvalue weighted by molar-refractivity contribution is -0.127. The molecule has 0 heterocycles. The first-order valence-corrected chi connectivity index (χ1v) is 3.28. The largest absolute Gasteiger partial charge is 0.319 e. The van der Waals surface area contributed by atoms with Crippen molar-refractivity contribution in [1.82, 2.24) is 0 Å². The van der Waals surface area contributed by atoms with Gasteiger partial charge in [-0.1, -0.05) is 0 Å². The number of rotatable bonds is 2. The van der Waals surface area contributed by atoms with E-state index in [1.165, 1.54) is 0 Å². The number of halogens is 2. The maximum Gasteiger partial charge on any atom is 0.171 e. The van der Waals surface area contributed by atoms with Crippen LogP contribution in [0.2, 0.25) is 0 Å². The molecule has 0 bridgehead atoms. The monoisotopic (exact) mass is 304 g/mol. The summed E-state index contributed by atoms with van der Waals surface area (Å²) in [5.74, 6) is -0.125. The van der Waals surface area contributed by atoms with Crippen LogP contribution in [0.5, 0.6) is 0 Å². The minimum absolute atomic E-state index is 0. The Bertz CT molecular complexity index is 130. The van der Waals surface area contributed by atoms with Crippen LogP contribution in [0.1, 0.15) is 27.7 Å². The molecule has 3 nitrogen and oxygen atoms in total. The summed E-state index contributed by atoms with van der Waals surface area (Å²) < 4.78 is 0. The topological polar surface area (TPSA) is 69.1 Å². The van der Waals surface area contributed by atoms with E-state index < -0.39 is 11.1 Å². The molecule has 0 radical (unpaired) electrons. The van der Waals surface area contributed by atoms with Crippen molar-refractivity contribution >= 4 is 39.7 Å². The molecule has 0 aliphatic heterocycles. The van der Waals surface area contributed by atoms with Crippen LogP contribution in [0.15, 0.2) is 0 Å². The van der Waals surface area contributed by atoms with E-state index in [1.54, 1.807) is 27.7 Å². The number of hydrogen-bond acceptors (Lipinski definition) is 3. The Morgan fingerprint density at radius 3 is 1.08 bits per heavy atom. The maximum absolute atomic E-state index is 11.2. The van der Waals surface area contributed by atoms with Crippen LogP contribution in [0.4, 0.5) is 0 Å². The summed E-state index contributed by atoms with van der Waals surface area (Å²) >= 11 is 0. The highest BCUT2D eigenvalue weighted by molar-refractivity contribution is 8.93. The van der Waals surface area contributed by atoms with E-state index in [-0.39, 0.29) is 39.7 Å². The second-order valence-corrected chi connectivity index (χ2v) is 3.77. The molecule has 5 heteroatoms. The highest BCUT2D eigenvalue weighted by atomic mass is 79.9. The van der Waals surface area contributed by atoms with Gasteiger partial charge in [0, 0.05) is 0 Å². The standard InChI is InChI=1S/C7H16N2O.2BrH/c1-6(2,8)5(10)7(3,4)9;;/h8-9H2,1-4H3;2*1H. The average Bonchev–Trinajstić information content (AvgIpc) is 1.59. The Kier molecular flexibility index (Phi) is 8.13. The van der Waals surface area contributed by atoms with Gasteiger partial charge in [-0.25, -0.2) is 0 Å². The third kappa shape index (κ3) is 6.11. The van der Waals surface area contributed by atoms with Crippen molar-refractivity contribution < 1.29 is 4.79 Å². The van der Waals surface area contributed by atoms with Crippen molar-refractivity contribution in [3.63, 3.8) is 0 Å². The van der Waals surface area contributed by atoms with Gasteiger partial charge in [0.05, 0.1) is 11.1 Å². The first kappa shape index (κ1) is 18.4. The minimum Gasteiger partial charge on any atom is -0.319 e. The predicted molar refractivity (Wildman–Crippen MR) is 62.2 cm³/mol. The molecule has 0 aromatic carbocycles. The summed E-state index contributed by atoms with van der Waals surface area (Å²) in [6, 6.07) is 0. The van der Waals surface area contributed by atoms with Gasteiger partial charge < -0.3 is 11.5 Å². The Hall–Kier alpha value is 0.550. The highest BCUT2D eigenvalue weighted by Crippen LogP contribution is 2.09. The van der Waals surface area contributed by atoms with Crippen molar-refractivity contribution in [1.29, 1.82) is 0 Å². The molecule has 0 rings (SSSR count). The summed E-state index contributed by atoms with van der Waals surface area (Å²) in [4.78, 5) is 11.2. The molecule has 0 saturated carbocycles. The van der Waals surface area contributed by atoms with Gasteiger partial charge >= 0.3 is 0 Å². The molecule has 0 unspecified atom stereocenters. The molecule has 4 N–H and O–H groups in total. The lowest BCUT2D eigenvalue weighted by Crippen LogP contribution is -2.56. The Morgan fingerprint density at radius 1 is 0.917 bits per heavy atom. The summed E-state index contributed by atoms with van der Waals surface area (Å²) in [6.07, 6.45) is 0. The van der Waals surface area contributed by atoms with Crippen molar-refractivity contribution in [2.45, 2.75) is 38.8 Å². The minimum atomic E-state index is -0.821. The normalized spacial score (nSPS) is 11.2. The molecule has 12 heavy (non-hydrogen) atoms. The molecule has 0 aromatic rings. The van der Waals surface area contributed by atoms with Crippen molar-refractivity contribution in [3.8, 4) is 0 Å². The van der Waals surface area contributed by atoms with Gasteiger partial charge in [0.15, 0.2) is 5.78 Å². The summed E-state index contributed by atoms with van der Waals surface area (Å²) in [5, 5.41) is 0. The molecule has 0 fully saturated rings. The fraction of sp³-hybridized carbons (Fsp3) is 0.857. The van der Waals surface area contributed by atoms with Crippen LogP contribution in [0.3, 0.4) is 0 Å². The fourth-order valence-corrected chi connectivity index (χ4v) is 0.830. The number of carbonyl (C=O) groups excluding carboxylic acids is 1. The number of nitrogens with two attached hydrogens (primary N) is 2. The molecule has 0 saturated heterocycles. The zero-order valence-corrected chi connectivity index (χ0v) is 11.3. The Labute approximate surface area is 94.8 Å². The molecule has 0 amide bonds. The predicted octanol–water partition coefficient (Wildman–Crippen LogP) is 1.19. The van der Waals surface area contributed by atoms with Crippen LogP contribution >= 0.6 is 34.0 Å². The summed E-state index contributed by atoms with van der Waals surface area (Å²) in [6.45, 7) is 6.63. The van der Waals surface area contributed by atoms with E-state index in [2.05, 4.69) is 0 Å². The molecular weight excluding hydrogens is 288 g/mol. The quantitative estimate of drug-likeness (QED) is 0.805. The van der Waals surface area contributed by atoms with Crippen molar-refractivity contribution in [3.05, 3.63) is 0 Å². The lowest BCUT2D eigenvalue weighted by atomic mass is 9.87. The number of hydrogen-bond donors (Lipinski definition) is 2. The maximum atomic E-state index is 11.2. The number of Topliss-reactive ketones (excluding diaryl/α,β-unsaturated/α-hetero) is 1. The van der Waals surface area contributed by atoms with Crippen molar-refractivity contribution in [2.24, 2.45) is 11.5 Å². The Balaban J connectivity index is -0.000000405. The molecular formula is C7H18Br2N2O. The van der Waals surface area contributed by atoms with Crippen LogP contribution in [0.25, 0.3) is 0 Å². The van der Waals surface area contributed by atoms with Crippen LogP contribution in [0, 0.1) is 0 Å². The zero-order chi connectivity index (χ0) is 8.58. The smallest absolute Gasteiger partial charge is 0.171 e. The second kappa shape index (κ2) is 5.32. The molecule has 76 valence electrons. The van der Waals surface area contributed by atoms with Gasteiger partial charge in [0.2, 0.25) is 0 Å². The van der Waals surface area contributed by atoms with E-state index in [4.69, 9.17) is 11.5 Å². The van der Waals surface area contributed by atoms with Gasteiger partial charge in [-0.2, -0.15) is 0 Å². The summed E-state index contributed by atoms with van der Waals surface area (Å²) in [7, 11) is 0. The molecule has 0 aliphatic rings. The van der Waals surface area contributed by atoms with Crippen LogP contribution in [-0.2, 0) is 4.79 Å². The number of ketones is 1. The average molecular weight is 306 g/mol. The van der Waals surface area contributed by atoms with Gasteiger partial charge in [0.25, 0.3) is 0 Å². The Morgan fingerprint density at radius 2 is 1.08 bits per heavy atom. The third-order valence-corrected chi connectivity index (χ3v) is 1.17.